The Hall–Kier alpha value is -2.52. The van der Waals surface area contributed by atoms with Crippen LogP contribution >= 0.6 is 0 Å². The third kappa shape index (κ3) is 16.2. The third-order valence-electron chi connectivity index (χ3n) is 3.27. The van der Waals surface area contributed by atoms with E-state index in [4.69, 9.17) is 14.6 Å². The zero-order valence-corrected chi connectivity index (χ0v) is 18.3. The van der Waals surface area contributed by atoms with Gasteiger partial charge in [0.2, 0.25) is 5.91 Å². The second-order valence-electron chi connectivity index (χ2n) is 8.55. The molecule has 1 rings (SSSR count). The van der Waals surface area contributed by atoms with Gasteiger partial charge in [0.15, 0.2) is 0 Å². The Balaban J connectivity index is 0.000000578. The molecule has 10 heteroatoms. The molecule has 168 valence electrons. The van der Waals surface area contributed by atoms with Crippen LogP contribution in [0, 0.1) is 0 Å². The summed E-state index contributed by atoms with van der Waals surface area (Å²) in [6.07, 6.45) is 2.03. The molecule has 3 N–H and O–H groups in total. The number of nitrogens with zero attached hydrogens (tertiary/aromatic N) is 1. The molecule has 0 unspecified atom stereocenters. The van der Waals surface area contributed by atoms with E-state index in [-0.39, 0.29) is 12.5 Å². The van der Waals surface area contributed by atoms with E-state index in [2.05, 4.69) is 10.6 Å². The average Bonchev–Trinajstić information content (AvgIpc) is 2.56. The number of hydrogen-bond acceptors (Lipinski definition) is 6. The third-order valence-corrected chi connectivity index (χ3v) is 3.27. The quantitative estimate of drug-likeness (QED) is 0.638. The molecular formula is C19H35N3O7. The van der Waals surface area contributed by atoms with Crippen LogP contribution in [0.4, 0.5) is 9.59 Å². The SMILES string of the molecule is CC(C)(C)OC(=O)NCC(=O)N1CCCCC1.CC(C)(C)OC(=O)NCC(=O)O. The Kier molecular flexibility index (Phi) is 11.1. The molecule has 29 heavy (non-hydrogen) atoms. The minimum atomic E-state index is -1.10. The van der Waals surface area contributed by atoms with Crippen molar-refractivity contribution in [1.82, 2.24) is 15.5 Å². The maximum atomic E-state index is 11.7. The van der Waals surface area contributed by atoms with Gasteiger partial charge in [-0.1, -0.05) is 0 Å². The van der Waals surface area contributed by atoms with Crippen molar-refractivity contribution in [3.05, 3.63) is 0 Å². The molecule has 0 bridgehead atoms. The summed E-state index contributed by atoms with van der Waals surface area (Å²) >= 11 is 0. The highest BCUT2D eigenvalue weighted by atomic mass is 16.6. The lowest BCUT2D eigenvalue weighted by atomic mass is 10.1. The smallest absolute Gasteiger partial charge is 0.408 e. The average molecular weight is 418 g/mol. The molecule has 3 amide bonds. The summed E-state index contributed by atoms with van der Waals surface area (Å²) in [5, 5.41) is 12.8. The molecule has 0 radical (unpaired) electrons. The first-order chi connectivity index (χ1) is 13.2. The van der Waals surface area contributed by atoms with Gasteiger partial charge in [-0.25, -0.2) is 9.59 Å². The van der Waals surface area contributed by atoms with Crippen LogP contribution in [-0.4, -0.2) is 71.5 Å². The minimum absolute atomic E-state index is 0.0227. The van der Waals surface area contributed by atoms with E-state index >= 15 is 0 Å². The van der Waals surface area contributed by atoms with Crippen molar-refractivity contribution >= 4 is 24.1 Å². The Labute approximate surface area is 172 Å². The predicted octanol–water partition coefficient (Wildman–Crippen LogP) is 2.12. The number of carbonyl (C=O) groups excluding carboxylic acids is 3. The van der Waals surface area contributed by atoms with Gasteiger partial charge in [0, 0.05) is 13.1 Å². The van der Waals surface area contributed by atoms with Gasteiger partial charge in [-0.3, -0.25) is 9.59 Å². The second kappa shape index (κ2) is 12.1. The van der Waals surface area contributed by atoms with Gasteiger partial charge in [-0.15, -0.1) is 0 Å². The van der Waals surface area contributed by atoms with Crippen molar-refractivity contribution in [3.63, 3.8) is 0 Å². The van der Waals surface area contributed by atoms with Crippen molar-refractivity contribution < 1.29 is 33.8 Å². The normalized spacial score (nSPS) is 14.1. The molecule has 1 fully saturated rings. The van der Waals surface area contributed by atoms with Crippen molar-refractivity contribution in [3.8, 4) is 0 Å². The second-order valence-corrected chi connectivity index (χ2v) is 8.55. The lowest BCUT2D eigenvalue weighted by Gasteiger charge is -2.27. The summed E-state index contributed by atoms with van der Waals surface area (Å²) in [6, 6.07) is 0. The van der Waals surface area contributed by atoms with Crippen LogP contribution < -0.4 is 10.6 Å². The molecule has 1 aliphatic rings. The number of carbonyl (C=O) groups is 4. The number of likely N-dealkylation sites (tertiary alicyclic amines) is 1. The van der Waals surface area contributed by atoms with Gasteiger partial charge in [-0.2, -0.15) is 0 Å². The van der Waals surface area contributed by atoms with E-state index < -0.39 is 35.9 Å². The summed E-state index contributed by atoms with van der Waals surface area (Å²) in [6.45, 7) is 11.7. The number of piperidine rings is 1. The van der Waals surface area contributed by atoms with Crippen molar-refractivity contribution in [2.24, 2.45) is 0 Å². The van der Waals surface area contributed by atoms with Gasteiger partial charge in [0.25, 0.3) is 0 Å². The number of carboxylic acids is 1. The lowest BCUT2D eigenvalue weighted by molar-refractivity contribution is -0.136. The molecule has 0 aromatic heterocycles. The highest BCUT2D eigenvalue weighted by Crippen LogP contribution is 2.09. The summed E-state index contributed by atoms with van der Waals surface area (Å²) in [4.78, 5) is 45.6. The Morgan fingerprint density at radius 2 is 1.21 bits per heavy atom. The molecule has 0 atom stereocenters. The van der Waals surface area contributed by atoms with E-state index in [1.807, 2.05) is 0 Å². The van der Waals surface area contributed by atoms with Crippen LogP contribution in [0.3, 0.4) is 0 Å². The van der Waals surface area contributed by atoms with Crippen molar-refractivity contribution in [2.75, 3.05) is 26.2 Å². The van der Waals surface area contributed by atoms with Crippen LogP contribution in [0.1, 0.15) is 60.8 Å². The number of hydrogen-bond donors (Lipinski definition) is 3. The minimum Gasteiger partial charge on any atom is -0.480 e. The molecule has 10 nitrogen and oxygen atoms in total. The highest BCUT2D eigenvalue weighted by molar-refractivity contribution is 5.82. The first-order valence-corrected chi connectivity index (χ1v) is 9.63. The fraction of sp³-hybridized carbons (Fsp3) is 0.789. The highest BCUT2D eigenvalue weighted by Gasteiger charge is 2.20. The number of amides is 3. The molecular weight excluding hydrogens is 382 g/mol. The zero-order valence-electron chi connectivity index (χ0n) is 18.3. The Bertz CT molecular complexity index is 559. The van der Waals surface area contributed by atoms with Crippen LogP contribution in [0.15, 0.2) is 0 Å². The van der Waals surface area contributed by atoms with E-state index in [1.165, 1.54) is 6.42 Å². The topological polar surface area (TPSA) is 134 Å². The van der Waals surface area contributed by atoms with Crippen LogP contribution in [0.25, 0.3) is 0 Å². The number of rotatable bonds is 4. The van der Waals surface area contributed by atoms with Gasteiger partial charge < -0.3 is 30.1 Å². The molecule has 1 saturated heterocycles. The lowest BCUT2D eigenvalue weighted by Crippen LogP contribution is -2.43. The first-order valence-electron chi connectivity index (χ1n) is 9.63. The van der Waals surface area contributed by atoms with E-state index in [0.717, 1.165) is 25.9 Å². The van der Waals surface area contributed by atoms with Crippen molar-refractivity contribution in [2.45, 2.75) is 72.0 Å². The predicted molar refractivity (Wildman–Crippen MR) is 107 cm³/mol. The number of aliphatic carboxylic acids is 1. The fourth-order valence-corrected chi connectivity index (χ4v) is 2.18. The first kappa shape index (κ1) is 26.5. The number of ether oxygens (including phenoxy) is 2. The largest absolute Gasteiger partial charge is 0.480 e. The van der Waals surface area contributed by atoms with Crippen molar-refractivity contribution in [1.29, 1.82) is 0 Å². The molecule has 0 saturated carbocycles. The standard InChI is InChI=1S/C12H22N2O3.C7H13NO4/c1-12(2,3)17-11(16)13-9-10(15)14-7-5-4-6-8-14;1-7(2,3)12-6(11)8-4-5(9)10/h4-9H2,1-3H3,(H,13,16);4H2,1-3H3,(H,8,11)(H,9,10). The van der Waals surface area contributed by atoms with Crippen LogP contribution in [0.2, 0.25) is 0 Å². The Morgan fingerprint density at radius 1 is 0.793 bits per heavy atom. The van der Waals surface area contributed by atoms with Gasteiger partial charge in [0.05, 0.1) is 0 Å². The van der Waals surface area contributed by atoms with E-state index in [0.29, 0.717) is 0 Å². The molecule has 0 aliphatic carbocycles. The van der Waals surface area contributed by atoms with Gasteiger partial charge in [0.1, 0.15) is 24.3 Å². The monoisotopic (exact) mass is 417 g/mol. The number of alkyl carbamates (subject to hydrolysis) is 2. The summed E-state index contributed by atoms with van der Waals surface area (Å²) in [5.41, 5.74) is -1.12. The van der Waals surface area contributed by atoms with Crippen LogP contribution in [-0.2, 0) is 19.1 Å². The van der Waals surface area contributed by atoms with Gasteiger partial charge in [-0.05, 0) is 60.8 Å². The molecule has 1 heterocycles. The number of nitrogens with one attached hydrogen (secondary N) is 2. The maximum Gasteiger partial charge on any atom is 0.408 e. The zero-order chi connectivity index (χ0) is 22.7. The van der Waals surface area contributed by atoms with E-state index in [9.17, 15) is 19.2 Å². The summed E-state index contributed by atoms with van der Waals surface area (Å²) < 4.78 is 9.83. The Morgan fingerprint density at radius 3 is 1.59 bits per heavy atom. The fourth-order valence-electron chi connectivity index (χ4n) is 2.18. The molecule has 0 spiro atoms. The molecule has 0 aromatic carbocycles. The molecule has 0 aromatic rings. The summed E-state index contributed by atoms with van der Waals surface area (Å²) in [7, 11) is 0. The van der Waals surface area contributed by atoms with Gasteiger partial charge >= 0.3 is 18.2 Å². The van der Waals surface area contributed by atoms with E-state index in [1.54, 1.807) is 46.4 Å². The maximum absolute atomic E-state index is 11.7. The number of carboxylic acid groups (broad SMARTS) is 1. The molecule has 1 aliphatic heterocycles. The van der Waals surface area contributed by atoms with Crippen LogP contribution in [0.5, 0.6) is 0 Å². The summed E-state index contributed by atoms with van der Waals surface area (Å²) in [5.74, 6) is -1.13.